The summed E-state index contributed by atoms with van der Waals surface area (Å²) >= 11 is 0. The van der Waals surface area contributed by atoms with Gasteiger partial charge in [-0.2, -0.15) is 0 Å². The van der Waals surface area contributed by atoms with Crippen LogP contribution in [0.2, 0.25) is 0 Å². The van der Waals surface area contributed by atoms with Crippen LogP contribution in [0.1, 0.15) is 63.9 Å². The van der Waals surface area contributed by atoms with E-state index in [1.165, 1.54) is 12.1 Å². The molecule has 0 radical (unpaired) electrons. The van der Waals surface area contributed by atoms with Gasteiger partial charge in [0.05, 0.1) is 12.7 Å². The first-order valence-electron chi connectivity index (χ1n) is 12.1. The molecule has 4 nitrogen and oxygen atoms in total. The van der Waals surface area contributed by atoms with E-state index in [0.717, 1.165) is 31.2 Å². The molecule has 1 saturated carbocycles. The minimum atomic E-state index is -1.28. The second-order valence-electron chi connectivity index (χ2n) is 9.43. The largest absolute Gasteiger partial charge is 0.481 e. The Balaban J connectivity index is 1.76. The van der Waals surface area contributed by atoms with Gasteiger partial charge in [0, 0.05) is 17.8 Å². The lowest BCUT2D eigenvalue weighted by atomic mass is 9.69. The van der Waals surface area contributed by atoms with E-state index in [1.54, 1.807) is 6.08 Å². The summed E-state index contributed by atoms with van der Waals surface area (Å²) in [5.41, 5.74) is 0.777. The summed E-state index contributed by atoms with van der Waals surface area (Å²) < 4.78 is 34.0. The lowest BCUT2D eigenvalue weighted by molar-refractivity contribution is -0.137. The third-order valence-electron chi connectivity index (χ3n) is 7.20. The molecule has 1 aliphatic carbocycles. The van der Waals surface area contributed by atoms with Crippen molar-refractivity contribution in [2.24, 2.45) is 11.8 Å². The number of rotatable bonds is 13. The Morgan fingerprint density at radius 3 is 2.73 bits per heavy atom. The zero-order chi connectivity index (χ0) is 23.8. The molecule has 0 amide bonds. The second kappa shape index (κ2) is 11.9. The molecule has 2 aliphatic rings. The van der Waals surface area contributed by atoms with E-state index in [4.69, 9.17) is 9.84 Å². The molecule has 182 valence electrons. The fourth-order valence-corrected chi connectivity index (χ4v) is 5.37. The SMILES string of the molecule is CCCCC(F)[C@H](O)/C=C/[C@@H]1[C@@H]2C[C@@](c3ccc(F)cc3)(CO2)[C@H]1C/C=C\CCCC(=O)O. The average molecular weight is 463 g/mol. The molecule has 2 N–H and O–H groups in total. The summed E-state index contributed by atoms with van der Waals surface area (Å²) in [6.07, 6.45) is 10.1. The number of carboxylic acid groups (broad SMARTS) is 1. The van der Waals surface area contributed by atoms with Gasteiger partial charge in [0.2, 0.25) is 0 Å². The summed E-state index contributed by atoms with van der Waals surface area (Å²) in [7, 11) is 0. The third-order valence-corrected chi connectivity index (χ3v) is 7.20. The van der Waals surface area contributed by atoms with Crippen molar-refractivity contribution in [1.82, 2.24) is 0 Å². The molecule has 1 aromatic carbocycles. The van der Waals surface area contributed by atoms with Crippen LogP contribution in [0.5, 0.6) is 0 Å². The van der Waals surface area contributed by atoms with E-state index in [9.17, 15) is 18.7 Å². The van der Waals surface area contributed by atoms with Crippen molar-refractivity contribution < 1.29 is 28.5 Å². The first-order valence-corrected chi connectivity index (χ1v) is 12.1. The van der Waals surface area contributed by atoms with Gasteiger partial charge in [0.25, 0.3) is 0 Å². The van der Waals surface area contributed by atoms with Gasteiger partial charge in [-0.15, -0.1) is 0 Å². The molecule has 1 unspecified atom stereocenters. The molecule has 6 atom stereocenters. The lowest BCUT2D eigenvalue weighted by Crippen LogP contribution is -2.39. The standard InChI is InChI=1S/C27H36F2O4/c1-2-3-9-23(29)24(30)16-15-21-22(8-6-4-5-7-10-26(31)32)27(17-25(21)33-18-27)19-11-13-20(28)14-12-19/h4,6,11-16,21-25,30H,2-3,5,7-10,17-18H2,1H3,(H,31,32)/b6-4-,16-15+/t21-,22-,23?,24+,25-,27-/m0/s1. The monoisotopic (exact) mass is 462 g/mol. The normalized spacial score (nSPS) is 28.7. The number of carbonyl (C=O) groups is 1. The fraction of sp³-hybridized carbons (Fsp3) is 0.593. The van der Waals surface area contributed by atoms with Crippen molar-refractivity contribution in [3.05, 3.63) is 60.0 Å². The molecule has 1 aliphatic heterocycles. The molecule has 6 heteroatoms. The number of ether oxygens (including phenoxy) is 1. The van der Waals surface area contributed by atoms with Crippen LogP contribution >= 0.6 is 0 Å². The molecule has 1 heterocycles. The lowest BCUT2D eigenvalue weighted by Gasteiger charge is -2.38. The smallest absolute Gasteiger partial charge is 0.303 e. The van der Waals surface area contributed by atoms with Crippen LogP contribution in [-0.4, -0.2) is 41.2 Å². The third kappa shape index (κ3) is 6.30. The van der Waals surface area contributed by atoms with Gasteiger partial charge in [-0.3, -0.25) is 4.79 Å². The molecular weight excluding hydrogens is 426 g/mol. The van der Waals surface area contributed by atoms with Gasteiger partial charge < -0.3 is 14.9 Å². The van der Waals surface area contributed by atoms with Gasteiger partial charge in [-0.05, 0) is 55.7 Å². The molecular formula is C27H36F2O4. The summed E-state index contributed by atoms with van der Waals surface area (Å²) in [4.78, 5) is 10.7. The van der Waals surface area contributed by atoms with Crippen molar-refractivity contribution in [2.45, 2.75) is 82.1 Å². The number of unbranched alkanes of at least 4 members (excludes halogenated alkanes) is 2. The maximum atomic E-state index is 14.3. The Labute approximate surface area is 195 Å². The van der Waals surface area contributed by atoms with E-state index < -0.39 is 18.2 Å². The van der Waals surface area contributed by atoms with Gasteiger partial charge in [0.15, 0.2) is 0 Å². The van der Waals surface area contributed by atoms with Crippen molar-refractivity contribution in [3.63, 3.8) is 0 Å². The first-order chi connectivity index (χ1) is 15.9. The van der Waals surface area contributed by atoms with E-state index >= 15 is 0 Å². The second-order valence-corrected chi connectivity index (χ2v) is 9.43. The molecule has 1 saturated heterocycles. The van der Waals surface area contributed by atoms with Crippen molar-refractivity contribution in [1.29, 1.82) is 0 Å². The van der Waals surface area contributed by atoms with E-state index in [1.807, 2.05) is 31.2 Å². The van der Waals surface area contributed by atoms with Crippen LogP contribution in [0.4, 0.5) is 8.78 Å². The van der Waals surface area contributed by atoms with Crippen molar-refractivity contribution in [2.75, 3.05) is 6.61 Å². The first kappa shape index (κ1) is 25.6. The minimum Gasteiger partial charge on any atom is -0.481 e. The number of allylic oxidation sites excluding steroid dienone is 2. The van der Waals surface area contributed by atoms with Crippen LogP contribution < -0.4 is 0 Å². The Bertz CT molecular complexity index is 822. The van der Waals surface area contributed by atoms with E-state index in [-0.39, 0.29) is 35.6 Å². The van der Waals surface area contributed by atoms with E-state index in [0.29, 0.717) is 25.9 Å². The summed E-state index contributed by atoms with van der Waals surface area (Å²) in [6.45, 7) is 2.55. The fourth-order valence-electron chi connectivity index (χ4n) is 5.37. The van der Waals surface area contributed by atoms with Crippen LogP contribution in [0.25, 0.3) is 0 Å². The van der Waals surface area contributed by atoms with Crippen LogP contribution in [0.3, 0.4) is 0 Å². The van der Waals surface area contributed by atoms with Crippen LogP contribution in [0.15, 0.2) is 48.6 Å². The molecule has 2 fully saturated rings. The molecule has 0 aromatic heterocycles. The van der Waals surface area contributed by atoms with Crippen molar-refractivity contribution in [3.8, 4) is 0 Å². The highest BCUT2D eigenvalue weighted by atomic mass is 19.1. The Morgan fingerprint density at radius 2 is 2.03 bits per heavy atom. The van der Waals surface area contributed by atoms with Gasteiger partial charge in [-0.1, -0.05) is 56.2 Å². The average Bonchev–Trinajstić information content (AvgIpc) is 3.36. The van der Waals surface area contributed by atoms with Gasteiger partial charge in [0.1, 0.15) is 18.1 Å². The molecule has 3 rings (SSSR count). The number of fused-ring (bicyclic) bond motifs is 2. The number of benzene rings is 1. The molecule has 1 aromatic rings. The zero-order valence-electron chi connectivity index (χ0n) is 19.3. The summed E-state index contributed by atoms with van der Waals surface area (Å²) in [5.74, 6) is -0.896. The highest BCUT2D eigenvalue weighted by Gasteiger charge is 2.58. The maximum absolute atomic E-state index is 14.3. The summed E-state index contributed by atoms with van der Waals surface area (Å²) in [6, 6.07) is 6.61. The summed E-state index contributed by atoms with van der Waals surface area (Å²) in [5, 5.41) is 19.1. The maximum Gasteiger partial charge on any atom is 0.303 e. The number of alkyl halides is 1. The number of carboxylic acids is 1. The Morgan fingerprint density at radius 1 is 1.27 bits per heavy atom. The van der Waals surface area contributed by atoms with Gasteiger partial charge in [-0.25, -0.2) is 8.78 Å². The quantitative estimate of drug-likeness (QED) is 0.290. The number of hydrogen-bond donors (Lipinski definition) is 2. The zero-order valence-corrected chi connectivity index (χ0v) is 19.3. The molecule has 0 spiro atoms. The van der Waals surface area contributed by atoms with Crippen LogP contribution in [-0.2, 0) is 14.9 Å². The number of halogens is 2. The van der Waals surface area contributed by atoms with E-state index in [2.05, 4.69) is 6.08 Å². The number of aliphatic carboxylic acids is 1. The highest BCUT2D eigenvalue weighted by Crippen LogP contribution is 2.57. The number of aliphatic hydroxyl groups excluding tert-OH is 1. The number of hydrogen-bond acceptors (Lipinski definition) is 3. The van der Waals surface area contributed by atoms with Gasteiger partial charge >= 0.3 is 5.97 Å². The van der Waals surface area contributed by atoms with Crippen molar-refractivity contribution >= 4 is 5.97 Å². The predicted molar refractivity (Wildman–Crippen MR) is 124 cm³/mol. The highest BCUT2D eigenvalue weighted by molar-refractivity contribution is 5.66. The number of aliphatic hydroxyl groups is 1. The molecule has 2 bridgehead atoms. The topological polar surface area (TPSA) is 66.8 Å². The minimum absolute atomic E-state index is 0.0143. The Kier molecular flexibility index (Phi) is 9.21. The predicted octanol–water partition coefficient (Wildman–Crippen LogP) is 5.75. The van der Waals surface area contributed by atoms with Crippen LogP contribution in [0, 0.1) is 17.7 Å². The Hall–Kier alpha value is -2.05. The molecule has 33 heavy (non-hydrogen) atoms.